The summed E-state index contributed by atoms with van der Waals surface area (Å²) in [5.74, 6) is -0.0255. The molecule has 0 aliphatic heterocycles. The van der Waals surface area contributed by atoms with Crippen LogP contribution in [0.1, 0.15) is 0 Å². The molecule has 0 atom stereocenters. The number of hydrogen-bond acceptors (Lipinski definition) is 6. The topological polar surface area (TPSA) is 86.1 Å². The highest BCUT2D eigenvalue weighted by atomic mass is 32.2. The summed E-state index contributed by atoms with van der Waals surface area (Å²) in [4.78, 5) is -0.119. The number of halogens is 2. The van der Waals surface area contributed by atoms with Crippen molar-refractivity contribution in [3.8, 4) is 5.88 Å². The first kappa shape index (κ1) is 14.7. The molecule has 2 rings (SSSR count). The lowest BCUT2D eigenvalue weighted by atomic mass is 10.6. The highest BCUT2D eigenvalue weighted by Gasteiger charge is 2.22. The van der Waals surface area contributed by atoms with E-state index in [1.165, 1.54) is 18.7 Å². The van der Waals surface area contributed by atoms with Gasteiger partial charge in [0.25, 0.3) is 16.4 Å². The Balaban J connectivity index is 2.18. The van der Waals surface area contributed by atoms with E-state index in [1.54, 1.807) is 0 Å². The Kier molecular flexibility index (Phi) is 4.18. The van der Waals surface area contributed by atoms with Crippen LogP contribution < -0.4 is 9.46 Å². The van der Waals surface area contributed by atoms with Crippen LogP contribution in [0.2, 0.25) is 0 Å². The lowest BCUT2D eigenvalue weighted by Crippen LogP contribution is -2.13. The van der Waals surface area contributed by atoms with Crippen molar-refractivity contribution in [2.45, 2.75) is 17.9 Å². The molecule has 7 nitrogen and oxygen atoms in total. The highest BCUT2D eigenvalue weighted by molar-refractivity contribution is 7.93. The fourth-order valence-electron chi connectivity index (χ4n) is 1.40. The van der Waals surface area contributed by atoms with E-state index in [2.05, 4.69) is 14.2 Å². The van der Waals surface area contributed by atoms with Gasteiger partial charge in [-0.05, 0) is 11.5 Å². The number of nitrogens with zero attached hydrogens (tertiary/aromatic N) is 3. The van der Waals surface area contributed by atoms with Crippen molar-refractivity contribution in [2.24, 2.45) is 0 Å². The predicted octanol–water partition coefficient (Wildman–Crippen LogP) is 1.41. The van der Waals surface area contributed by atoms with E-state index in [0.717, 1.165) is 22.4 Å². The second kappa shape index (κ2) is 5.71. The molecule has 0 spiro atoms. The van der Waals surface area contributed by atoms with Crippen molar-refractivity contribution in [1.82, 2.24) is 14.2 Å². The normalized spacial score (nSPS) is 11.8. The minimum Gasteiger partial charge on any atom is -0.479 e. The van der Waals surface area contributed by atoms with Crippen LogP contribution in [0.15, 0.2) is 22.7 Å². The van der Waals surface area contributed by atoms with Gasteiger partial charge in [-0.25, -0.2) is 17.2 Å². The largest absolute Gasteiger partial charge is 0.479 e. The molecule has 0 bridgehead atoms. The average Bonchev–Trinajstić information content (AvgIpc) is 2.96. The molecule has 1 N–H and O–H groups in total. The molecule has 0 aromatic carbocycles. The predicted molar refractivity (Wildman–Crippen MR) is 67.7 cm³/mol. The molecular weight excluding hydrogens is 314 g/mol. The van der Waals surface area contributed by atoms with E-state index >= 15 is 0 Å². The zero-order chi connectivity index (χ0) is 14.8. The van der Waals surface area contributed by atoms with Crippen molar-refractivity contribution in [1.29, 1.82) is 0 Å². The van der Waals surface area contributed by atoms with Crippen LogP contribution in [0.5, 0.6) is 5.88 Å². The van der Waals surface area contributed by atoms with E-state index in [0.29, 0.717) is 0 Å². The van der Waals surface area contributed by atoms with Crippen molar-refractivity contribution in [3.05, 3.63) is 17.8 Å². The lowest BCUT2D eigenvalue weighted by molar-refractivity contribution is 0.122. The first-order valence-electron chi connectivity index (χ1n) is 5.24. The Morgan fingerprint density at radius 2 is 2.30 bits per heavy atom. The van der Waals surface area contributed by atoms with Crippen LogP contribution in [-0.2, 0) is 16.6 Å². The van der Waals surface area contributed by atoms with Gasteiger partial charge in [0.1, 0.15) is 6.54 Å². The molecule has 0 saturated carbocycles. The van der Waals surface area contributed by atoms with Gasteiger partial charge in [-0.1, -0.05) is 0 Å². The summed E-state index contributed by atoms with van der Waals surface area (Å²) < 4.78 is 60.2. The van der Waals surface area contributed by atoms with Gasteiger partial charge in [0.15, 0.2) is 4.90 Å². The fourth-order valence-corrected chi connectivity index (χ4v) is 3.50. The summed E-state index contributed by atoms with van der Waals surface area (Å²) in [7, 11) is -2.60. The van der Waals surface area contributed by atoms with E-state index in [4.69, 9.17) is 4.74 Å². The van der Waals surface area contributed by atoms with Gasteiger partial charge >= 0.3 is 0 Å². The quantitative estimate of drug-likeness (QED) is 0.868. The van der Waals surface area contributed by atoms with Crippen LogP contribution in [0, 0.1) is 0 Å². The van der Waals surface area contributed by atoms with E-state index in [1.807, 2.05) is 0 Å². The summed E-state index contributed by atoms with van der Waals surface area (Å²) in [6, 6.07) is 0. The highest BCUT2D eigenvalue weighted by Crippen LogP contribution is 2.26. The Morgan fingerprint density at radius 1 is 1.55 bits per heavy atom. The Morgan fingerprint density at radius 3 is 2.95 bits per heavy atom. The maximum absolute atomic E-state index is 12.2. The molecule has 2 heterocycles. The molecule has 0 radical (unpaired) electrons. The standard InChI is InChI=1S/C9H10F2N4O3S2/c1-18-9-7(5-19-13-9)20(16,17)14-6-2-12-15(3-6)4-8(10)11/h2-3,5,8,14H,4H2,1H3. The first-order chi connectivity index (χ1) is 9.42. The van der Waals surface area contributed by atoms with Crippen molar-refractivity contribution in [2.75, 3.05) is 11.8 Å². The number of nitrogens with one attached hydrogen (secondary N) is 1. The second-order valence-corrected chi connectivity index (χ2v) is 5.92. The molecule has 0 fully saturated rings. The Bertz CT molecular complexity index is 683. The number of aromatic nitrogens is 3. The monoisotopic (exact) mass is 324 g/mol. The van der Waals surface area contributed by atoms with Crippen LogP contribution in [0.4, 0.5) is 14.5 Å². The number of methoxy groups -OCH3 is 1. The molecule has 0 aliphatic rings. The first-order valence-corrected chi connectivity index (χ1v) is 7.56. The molecule has 11 heteroatoms. The molecule has 0 saturated heterocycles. The van der Waals surface area contributed by atoms with Crippen molar-refractivity contribution >= 4 is 27.2 Å². The SMILES string of the molecule is COc1nscc1S(=O)(=O)Nc1cnn(CC(F)F)c1. The second-order valence-electron chi connectivity index (χ2n) is 3.64. The minimum absolute atomic E-state index is 0.0255. The molecule has 110 valence electrons. The smallest absolute Gasteiger partial charge is 0.268 e. The minimum atomic E-state index is -3.90. The molecule has 0 unspecified atom stereocenters. The maximum Gasteiger partial charge on any atom is 0.268 e. The van der Waals surface area contributed by atoms with Crippen LogP contribution in [-0.4, -0.2) is 36.1 Å². The Hall–Kier alpha value is -1.75. The van der Waals surface area contributed by atoms with E-state index < -0.39 is 23.0 Å². The third kappa shape index (κ3) is 3.22. The number of hydrogen-bond donors (Lipinski definition) is 1. The summed E-state index contributed by atoms with van der Waals surface area (Å²) in [6.07, 6.45) is -0.247. The van der Waals surface area contributed by atoms with Gasteiger partial charge < -0.3 is 4.74 Å². The summed E-state index contributed by atoms with van der Waals surface area (Å²) >= 11 is 0.928. The average molecular weight is 324 g/mol. The van der Waals surface area contributed by atoms with Crippen LogP contribution >= 0.6 is 11.5 Å². The summed E-state index contributed by atoms with van der Waals surface area (Å²) in [6.45, 7) is -0.606. The molecule has 20 heavy (non-hydrogen) atoms. The number of alkyl halides is 2. The van der Waals surface area contributed by atoms with Crippen LogP contribution in [0.25, 0.3) is 0 Å². The fraction of sp³-hybridized carbons (Fsp3) is 0.333. The van der Waals surface area contributed by atoms with Crippen LogP contribution in [0.3, 0.4) is 0 Å². The van der Waals surface area contributed by atoms with E-state index in [-0.39, 0.29) is 16.5 Å². The number of rotatable bonds is 6. The number of ether oxygens (including phenoxy) is 1. The van der Waals surface area contributed by atoms with Gasteiger partial charge in [-0.15, -0.1) is 0 Å². The molecule has 0 aliphatic carbocycles. The molecule has 2 aromatic heterocycles. The van der Waals surface area contributed by atoms with Crippen molar-refractivity contribution in [3.63, 3.8) is 0 Å². The van der Waals surface area contributed by atoms with Gasteiger partial charge in [0.05, 0.1) is 19.0 Å². The van der Waals surface area contributed by atoms with Crippen molar-refractivity contribution < 1.29 is 21.9 Å². The zero-order valence-electron chi connectivity index (χ0n) is 10.2. The summed E-state index contributed by atoms with van der Waals surface area (Å²) in [5.41, 5.74) is 0.0823. The van der Waals surface area contributed by atoms with Gasteiger partial charge in [0.2, 0.25) is 5.88 Å². The van der Waals surface area contributed by atoms with Gasteiger partial charge in [0, 0.05) is 11.6 Å². The van der Waals surface area contributed by atoms with E-state index in [9.17, 15) is 17.2 Å². The van der Waals surface area contributed by atoms with Gasteiger partial charge in [-0.3, -0.25) is 9.40 Å². The number of anilines is 1. The molecule has 2 aromatic rings. The zero-order valence-corrected chi connectivity index (χ0v) is 11.8. The molecule has 0 amide bonds. The molecular formula is C9H10F2N4O3S2. The third-order valence-corrected chi connectivity index (χ3v) is 4.34. The van der Waals surface area contributed by atoms with Gasteiger partial charge in [-0.2, -0.15) is 9.47 Å². The summed E-state index contributed by atoms with van der Waals surface area (Å²) in [5, 5.41) is 4.94. The third-order valence-electron chi connectivity index (χ3n) is 2.20. The maximum atomic E-state index is 12.2. The Labute approximate surface area is 117 Å². The number of sulfonamides is 1. The lowest BCUT2D eigenvalue weighted by Gasteiger charge is -2.05.